The summed E-state index contributed by atoms with van der Waals surface area (Å²) >= 11 is 6.78. The van der Waals surface area contributed by atoms with Crippen LogP contribution in [0.15, 0.2) is 82.0 Å². The van der Waals surface area contributed by atoms with E-state index in [2.05, 4.69) is 25.9 Å². The summed E-state index contributed by atoms with van der Waals surface area (Å²) in [5.74, 6) is -0.155. The highest BCUT2D eigenvalue weighted by Gasteiger charge is 2.33. The van der Waals surface area contributed by atoms with Crippen molar-refractivity contribution >= 4 is 52.8 Å². The SMILES string of the molecule is CC(C)(C)OC(=O)NCC1CCC(C(=O)C[C@@H](Cc2ccc(-c3ccc(C(=O)C[C@H]4CCN(C(=O)OC(C)(C)C)C4)cc3Cl)cc2)C(=O)Nc2ccc(C3=NCN=N3)cc2)CC1. The number of anilines is 1. The summed E-state index contributed by atoms with van der Waals surface area (Å²) in [6, 6.07) is 20.3. The predicted molar refractivity (Wildman–Crippen MR) is 240 cm³/mol. The Balaban J connectivity index is 1.08. The van der Waals surface area contributed by atoms with Crippen LogP contribution in [0.5, 0.6) is 0 Å². The van der Waals surface area contributed by atoms with Crippen LogP contribution in [0.4, 0.5) is 15.3 Å². The largest absolute Gasteiger partial charge is 0.444 e. The highest BCUT2D eigenvalue weighted by molar-refractivity contribution is 6.33. The van der Waals surface area contributed by atoms with E-state index in [1.807, 2.05) is 84.0 Å². The van der Waals surface area contributed by atoms with Crippen molar-refractivity contribution in [3.05, 3.63) is 88.4 Å². The lowest BCUT2D eigenvalue weighted by Crippen LogP contribution is -2.37. The van der Waals surface area contributed by atoms with Crippen molar-refractivity contribution in [1.29, 1.82) is 0 Å². The molecule has 6 rings (SSSR count). The molecule has 3 aliphatic rings. The van der Waals surface area contributed by atoms with Crippen LogP contribution in [0.2, 0.25) is 5.02 Å². The number of carbonyl (C=O) groups excluding carboxylic acids is 5. The van der Waals surface area contributed by atoms with Crippen LogP contribution in [0.3, 0.4) is 0 Å². The molecule has 13 nitrogen and oxygen atoms in total. The molecule has 1 saturated heterocycles. The molecule has 2 fully saturated rings. The maximum Gasteiger partial charge on any atom is 0.410 e. The summed E-state index contributed by atoms with van der Waals surface area (Å²) in [6.45, 7) is 12.8. The molecule has 1 aliphatic carbocycles. The van der Waals surface area contributed by atoms with Gasteiger partial charge in [0, 0.05) is 71.7 Å². The topological polar surface area (TPSA) is 168 Å². The summed E-state index contributed by atoms with van der Waals surface area (Å²) in [6.07, 6.45) is 3.68. The van der Waals surface area contributed by atoms with Crippen LogP contribution in [-0.4, -0.2) is 77.9 Å². The number of amides is 3. The van der Waals surface area contributed by atoms with Crippen molar-refractivity contribution in [3.8, 4) is 11.1 Å². The number of benzene rings is 3. The van der Waals surface area contributed by atoms with E-state index < -0.39 is 23.2 Å². The molecule has 2 heterocycles. The Morgan fingerprint density at radius 3 is 2.13 bits per heavy atom. The summed E-state index contributed by atoms with van der Waals surface area (Å²) in [5, 5.41) is 14.3. The van der Waals surface area contributed by atoms with Gasteiger partial charge in [0.15, 0.2) is 18.3 Å². The number of nitrogens with one attached hydrogen (secondary N) is 2. The number of halogens is 1. The van der Waals surface area contributed by atoms with Crippen LogP contribution in [0, 0.1) is 23.7 Å². The minimum atomic E-state index is -0.627. The van der Waals surface area contributed by atoms with Gasteiger partial charge in [0.2, 0.25) is 5.91 Å². The number of alkyl carbamates (subject to hydrolysis) is 1. The van der Waals surface area contributed by atoms with Gasteiger partial charge in [-0.1, -0.05) is 48.0 Å². The monoisotopic (exact) mass is 866 g/mol. The molecule has 1 saturated carbocycles. The number of ether oxygens (including phenoxy) is 2. The van der Waals surface area contributed by atoms with Crippen LogP contribution in [0.25, 0.3) is 11.1 Å². The highest BCUT2D eigenvalue weighted by atomic mass is 35.5. The van der Waals surface area contributed by atoms with Crippen molar-refractivity contribution in [2.24, 2.45) is 38.9 Å². The predicted octanol–water partition coefficient (Wildman–Crippen LogP) is 10.1. The number of nitrogens with zero attached hydrogens (tertiary/aromatic N) is 4. The molecule has 330 valence electrons. The van der Waals surface area contributed by atoms with E-state index in [0.29, 0.717) is 74.1 Å². The van der Waals surface area contributed by atoms with Gasteiger partial charge in [-0.05, 0) is 133 Å². The van der Waals surface area contributed by atoms with Crippen molar-refractivity contribution in [1.82, 2.24) is 10.2 Å². The molecular weight excluding hydrogens is 808 g/mol. The smallest absolute Gasteiger partial charge is 0.410 e. The van der Waals surface area contributed by atoms with Gasteiger partial charge in [0.05, 0.1) is 0 Å². The van der Waals surface area contributed by atoms with E-state index >= 15 is 0 Å². The van der Waals surface area contributed by atoms with Crippen molar-refractivity contribution in [3.63, 3.8) is 0 Å². The van der Waals surface area contributed by atoms with Gasteiger partial charge in [-0.3, -0.25) is 14.4 Å². The lowest BCUT2D eigenvalue weighted by molar-refractivity contribution is -0.129. The number of carbonyl (C=O) groups is 5. The maximum absolute atomic E-state index is 14.0. The molecule has 3 aromatic carbocycles. The molecule has 62 heavy (non-hydrogen) atoms. The molecule has 14 heteroatoms. The average Bonchev–Trinajstić information content (AvgIpc) is 3.93. The van der Waals surface area contributed by atoms with E-state index in [1.165, 1.54) is 0 Å². The van der Waals surface area contributed by atoms with E-state index in [-0.39, 0.29) is 47.7 Å². The first-order chi connectivity index (χ1) is 29.4. The first-order valence-corrected chi connectivity index (χ1v) is 22.0. The van der Waals surface area contributed by atoms with Gasteiger partial charge in [-0.2, -0.15) is 5.11 Å². The normalized spacial score (nSPS) is 19.4. The number of amidine groups is 1. The second kappa shape index (κ2) is 20.2. The van der Waals surface area contributed by atoms with Crippen LogP contribution < -0.4 is 10.6 Å². The summed E-state index contributed by atoms with van der Waals surface area (Å²) in [7, 11) is 0. The number of ketones is 2. The van der Waals surface area contributed by atoms with E-state index in [9.17, 15) is 24.0 Å². The van der Waals surface area contributed by atoms with Gasteiger partial charge in [0.1, 0.15) is 17.0 Å². The minimum Gasteiger partial charge on any atom is -0.444 e. The maximum atomic E-state index is 14.0. The van der Waals surface area contributed by atoms with Gasteiger partial charge < -0.3 is 25.0 Å². The zero-order valence-corrected chi connectivity index (χ0v) is 37.4. The number of hydrogen-bond acceptors (Lipinski definition) is 10. The molecular formula is C48H59ClN6O7. The number of likely N-dealkylation sites (tertiary alicyclic amines) is 1. The molecule has 0 aromatic heterocycles. The average molecular weight is 867 g/mol. The Bertz CT molecular complexity index is 2170. The number of aliphatic imine (C=N–C) groups is 1. The van der Waals surface area contributed by atoms with Crippen molar-refractivity contribution in [2.75, 3.05) is 31.6 Å². The highest BCUT2D eigenvalue weighted by Crippen LogP contribution is 2.33. The fourth-order valence-corrected chi connectivity index (χ4v) is 8.41. The molecule has 0 spiro atoms. The molecule has 2 aliphatic heterocycles. The Labute approximate surface area is 369 Å². The summed E-state index contributed by atoms with van der Waals surface area (Å²) in [5.41, 5.74) is 3.26. The third kappa shape index (κ3) is 13.3. The van der Waals surface area contributed by atoms with Crippen LogP contribution in [0.1, 0.15) is 108 Å². The van der Waals surface area contributed by atoms with Gasteiger partial charge in [-0.25, -0.2) is 14.6 Å². The first kappa shape index (κ1) is 46.1. The van der Waals surface area contributed by atoms with Gasteiger partial charge >= 0.3 is 12.2 Å². The Morgan fingerprint density at radius 1 is 0.823 bits per heavy atom. The molecule has 2 N–H and O–H groups in total. The van der Waals surface area contributed by atoms with Crippen molar-refractivity contribution in [2.45, 2.75) is 104 Å². The number of rotatable bonds is 14. The molecule has 0 unspecified atom stereocenters. The summed E-state index contributed by atoms with van der Waals surface area (Å²) in [4.78, 5) is 71.7. The zero-order valence-electron chi connectivity index (χ0n) is 36.7. The first-order valence-electron chi connectivity index (χ1n) is 21.6. The van der Waals surface area contributed by atoms with E-state index in [1.54, 1.807) is 29.2 Å². The second-order valence-electron chi connectivity index (χ2n) is 18.7. The Morgan fingerprint density at radius 2 is 1.50 bits per heavy atom. The molecule has 0 radical (unpaired) electrons. The lowest BCUT2D eigenvalue weighted by atomic mass is 9.77. The number of azo groups is 1. The van der Waals surface area contributed by atoms with Crippen LogP contribution in [-0.2, 0) is 25.5 Å². The molecule has 2 atom stereocenters. The minimum absolute atomic E-state index is 0.0300. The fourth-order valence-electron chi connectivity index (χ4n) is 8.12. The summed E-state index contributed by atoms with van der Waals surface area (Å²) < 4.78 is 10.9. The zero-order chi connectivity index (χ0) is 44.6. The van der Waals surface area contributed by atoms with E-state index in [0.717, 1.165) is 41.5 Å². The Hall–Kier alpha value is -5.43. The van der Waals surface area contributed by atoms with Gasteiger partial charge in [-0.15, -0.1) is 5.11 Å². The quantitative estimate of drug-likeness (QED) is 0.152. The number of Topliss-reactive ketones (excluding diaryl/α,β-unsaturated/α-hetero) is 2. The van der Waals surface area contributed by atoms with Crippen LogP contribution >= 0.6 is 11.6 Å². The van der Waals surface area contributed by atoms with E-state index in [4.69, 9.17) is 21.1 Å². The van der Waals surface area contributed by atoms with Gasteiger partial charge in [0.25, 0.3) is 0 Å². The third-order valence-corrected chi connectivity index (χ3v) is 11.7. The molecule has 0 bridgehead atoms. The second-order valence-corrected chi connectivity index (χ2v) is 19.1. The third-order valence-electron chi connectivity index (χ3n) is 11.4. The number of hydrogen-bond donors (Lipinski definition) is 2. The molecule has 3 amide bonds. The lowest BCUT2D eigenvalue weighted by Gasteiger charge is -2.29. The van der Waals surface area contributed by atoms with Crippen molar-refractivity contribution < 1.29 is 33.4 Å². The Kier molecular flexibility index (Phi) is 15.0. The fraction of sp³-hybridized carbons (Fsp3) is 0.500. The standard InChI is InChI=1S/C48H59ClN6O7/c1-47(2,3)61-45(59)50-27-31-9-13-34(14-10-31)42(57)26-37(44(58)53-38-18-15-35(16-19-38)43-51-29-52-54-43)23-30-7-11-33(12-8-30)39-20-17-36(25-40(39)49)41(56)24-32-21-22-55(28-32)46(60)62-48(4,5)6/h7-8,11-12,15-20,25,31-32,34,37H,9-10,13-14,21-24,26-29H2,1-6H3,(H,50,59)(H,53,58)/t31?,32-,34?,37-/m1/s1. The molecule has 3 aromatic rings.